The summed E-state index contributed by atoms with van der Waals surface area (Å²) < 4.78 is 14.3. The number of carbonyl (C=O) groups excluding carboxylic acids is 1. The molecule has 1 amide bonds. The lowest BCUT2D eigenvalue weighted by atomic mass is 9.92. The Labute approximate surface area is 159 Å². The minimum Gasteiger partial charge on any atom is -0.334 e. The number of rotatable bonds is 7. The highest BCUT2D eigenvalue weighted by Crippen LogP contribution is 2.50. The van der Waals surface area contributed by atoms with E-state index in [0.29, 0.717) is 36.3 Å². The Bertz CT molecular complexity index is 951. The Morgan fingerprint density at radius 2 is 1.93 bits per heavy atom. The molecule has 0 unspecified atom stereocenters. The average molecular weight is 385 g/mol. The zero-order chi connectivity index (χ0) is 19.7. The van der Waals surface area contributed by atoms with Crippen LogP contribution in [0.5, 0.6) is 0 Å². The van der Waals surface area contributed by atoms with E-state index in [1.165, 1.54) is 12.1 Å². The summed E-state index contributed by atoms with van der Waals surface area (Å²) in [6.07, 6.45) is 1.31. The maximum atomic E-state index is 14.3. The number of carbonyl (C=O) groups is 1. The molecule has 3 aromatic rings. The van der Waals surface area contributed by atoms with Crippen LogP contribution in [0.25, 0.3) is 11.4 Å². The molecule has 0 radical (unpaired) electrons. The summed E-state index contributed by atoms with van der Waals surface area (Å²) in [7, 11) is 0. The van der Waals surface area contributed by atoms with Crippen LogP contribution in [0, 0.1) is 11.7 Å². The number of aromatic nitrogens is 8. The molecule has 1 aliphatic rings. The molecule has 2 heterocycles. The number of benzene rings is 1. The maximum Gasteiger partial charge on any atom is 0.233 e. The molecule has 1 saturated carbocycles. The van der Waals surface area contributed by atoms with Crippen molar-refractivity contribution in [3.63, 3.8) is 0 Å². The molecule has 0 bridgehead atoms. The topological polar surface area (TPSA) is 129 Å². The van der Waals surface area contributed by atoms with Crippen LogP contribution < -0.4 is 0 Å². The molecule has 146 valence electrons. The molecule has 11 heteroatoms. The van der Waals surface area contributed by atoms with Crippen LogP contribution in [-0.4, -0.2) is 58.6 Å². The standard InChI is InChI=1S/C17H20FN9O/c1-10(2)8-27(9-14-19-23-24-20-14)16(28)17(3-4-17)12-5-11(6-13(18)7-12)15-21-25-26-22-15/h5-7,10H,3-4,8-9H2,1-2H3,(H,19,20,23,24)(H,21,22,25,26). The highest BCUT2D eigenvalue weighted by molar-refractivity contribution is 5.91. The van der Waals surface area contributed by atoms with E-state index in [4.69, 9.17) is 0 Å². The highest BCUT2D eigenvalue weighted by atomic mass is 19.1. The number of aromatic amines is 2. The monoisotopic (exact) mass is 385 g/mol. The number of H-pyrrole nitrogens is 2. The molecule has 0 spiro atoms. The molecule has 1 fully saturated rings. The predicted molar refractivity (Wildman–Crippen MR) is 94.9 cm³/mol. The molecule has 2 N–H and O–H groups in total. The zero-order valence-electron chi connectivity index (χ0n) is 15.6. The Morgan fingerprint density at radius 3 is 2.54 bits per heavy atom. The van der Waals surface area contributed by atoms with E-state index in [1.807, 2.05) is 13.8 Å². The summed E-state index contributed by atoms with van der Waals surface area (Å²) in [6.45, 7) is 4.86. The molecule has 28 heavy (non-hydrogen) atoms. The van der Waals surface area contributed by atoms with Gasteiger partial charge in [0.1, 0.15) is 5.82 Å². The summed E-state index contributed by atoms with van der Waals surface area (Å²) in [5.74, 6) is 0.487. The number of amides is 1. The van der Waals surface area contributed by atoms with Gasteiger partial charge in [-0.3, -0.25) is 4.79 Å². The molecule has 0 aliphatic heterocycles. The first kappa shape index (κ1) is 18.1. The van der Waals surface area contributed by atoms with Gasteiger partial charge >= 0.3 is 0 Å². The van der Waals surface area contributed by atoms with Crippen LogP contribution in [0.1, 0.15) is 38.1 Å². The first-order chi connectivity index (χ1) is 13.5. The fourth-order valence-electron chi connectivity index (χ4n) is 3.41. The van der Waals surface area contributed by atoms with Gasteiger partial charge < -0.3 is 4.90 Å². The Hall–Kier alpha value is -3.24. The molecule has 2 aromatic heterocycles. The summed E-state index contributed by atoms with van der Waals surface area (Å²) in [6, 6.07) is 4.51. The molecule has 0 atom stereocenters. The summed E-state index contributed by atoms with van der Waals surface area (Å²) in [5, 5.41) is 27.6. The Balaban J connectivity index is 1.66. The SMILES string of the molecule is CC(C)CN(Cc1nn[nH]n1)C(=O)C1(c2cc(F)cc(-c3nn[nH]n3)c2)CC1. The quantitative estimate of drug-likeness (QED) is 0.626. The molecule has 4 rings (SSSR count). The number of hydrogen-bond acceptors (Lipinski definition) is 7. The maximum absolute atomic E-state index is 14.3. The number of tetrazole rings is 2. The van der Waals surface area contributed by atoms with Crippen molar-refractivity contribution in [1.82, 2.24) is 46.1 Å². The van der Waals surface area contributed by atoms with Gasteiger partial charge in [0.15, 0.2) is 5.82 Å². The van der Waals surface area contributed by atoms with Crippen LogP contribution in [0.15, 0.2) is 18.2 Å². The highest BCUT2D eigenvalue weighted by Gasteiger charge is 2.53. The molecule has 1 aliphatic carbocycles. The van der Waals surface area contributed by atoms with Gasteiger partial charge in [0, 0.05) is 12.1 Å². The fourth-order valence-corrected chi connectivity index (χ4v) is 3.41. The molecule has 1 aromatic carbocycles. The summed E-state index contributed by atoms with van der Waals surface area (Å²) in [4.78, 5) is 15.2. The smallest absolute Gasteiger partial charge is 0.233 e. The second-order valence-corrected chi connectivity index (χ2v) is 7.45. The molecular weight excluding hydrogens is 365 g/mol. The second-order valence-electron chi connectivity index (χ2n) is 7.45. The van der Waals surface area contributed by atoms with Gasteiger partial charge in [-0.2, -0.15) is 10.4 Å². The van der Waals surface area contributed by atoms with Crippen molar-refractivity contribution in [2.45, 2.75) is 38.6 Å². The van der Waals surface area contributed by atoms with E-state index in [1.54, 1.807) is 11.0 Å². The third-order valence-corrected chi connectivity index (χ3v) is 4.81. The van der Waals surface area contributed by atoms with Crippen LogP contribution in [0.2, 0.25) is 0 Å². The lowest BCUT2D eigenvalue weighted by molar-refractivity contribution is -0.135. The lowest BCUT2D eigenvalue weighted by Crippen LogP contribution is -2.41. The van der Waals surface area contributed by atoms with Crippen molar-refractivity contribution < 1.29 is 9.18 Å². The van der Waals surface area contributed by atoms with Gasteiger partial charge in [0.2, 0.25) is 11.7 Å². The lowest BCUT2D eigenvalue weighted by Gasteiger charge is -2.28. The van der Waals surface area contributed by atoms with E-state index >= 15 is 0 Å². The van der Waals surface area contributed by atoms with Gasteiger partial charge in [-0.15, -0.1) is 20.4 Å². The van der Waals surface area contributed by atoms with E-state index in [0.717, 1.165) is 0 Å². The summed E-state index contributed by atoms with van der Waals surface area (Å²) in [5.41, 5.74) is 0.356. The Morgan fingerprint density at radius 1 is 1.18 bits per heavy atom. The van der Waals surface area contributed by atoms with Crippen LogP contribution in [0.3, 0.4) is 0 Å². The number of nitrogens with zero attached hydrogens (tertiary/aromatic N) is 7. The minimum absolute atomic E-state index is 0.0596. The van der Waals surface area contributed by atoms with Crippen LogP contribution >= 0.6 is 0 Å². The molecular formula is C17H20FN9O. The number of nitrogens with one attached hydrogen (secondary N) is 2. The molecule has 10 nitrogen and oxygen atoms in total. The normalized spacial score (nSPS) is 15.0. The van der Waals surface area contributed by atoms with E-state index in [9.17, 15) is 9.18 Å². The van der Waals surface area contributed by atoms with Gasteiger partial charge in [-0.25, -0.2) is 4.39 Å². The van der Waals surface area contributed by atoms with E-state index < -0.39 is 11.2 Å². The third kappa shape index (κ3) is 3.47. The molecule has 0 saturated heterocycles. The van der Waals surface area contributed by atoms with Crippen molar-refractivity contribution in [1.29, 1.82) is 0 Å². The minimum atomic E-state index is -0.751. The first-order valence-corrected chi connectivity index (χ1v) is 9.04. The van der Waals surface area contributed by atoms with Crippen LogP contribution in [-0.2, 0) is 16.8 Å². The fraction of sp³-hybridized carbons (Fsp3) is 0.471. The van der Waals surface area contributed by atoms with Gasteiger partial charge in [-0.05, 0) is 47.7 Å². The largest absolute Gasteiger partial charge is 0.334 e. The van der Waals surface area contributed by atoms with Gasteiger partial charge in [0.05, 0.1) is 12.0 Å². The van der Waals surface area contributed by atoms with Gasteiger partial charge in [-0.1, -0.05) is 19.1 Å². The predicted octanol–water partition coefficient (Wildman–Crippen LogP) is 1.24. The van der Waals surface area contributed by atoms with Crippen molar-refractivity contribution in [2.24, 2.45) is 5.92 Å². The van der Waals surface area contributed by atoms with Crippen molar-refractivity contribution in [3.05, 3.63) is 35.4 Å². The van der Waals surface area contributed by atoms with Crippen molar-refractivity contribution >= 4 is 5.91 Å². The van der Waals surface area contributed by atoms with Crippen molar-refractivity contribution in [2.75, 3.05) is 6.54 Å². The average Bonchev–Trinajstić information content (AvgIpc) is 3.06. The van der Waals surface area contributed by atoms with E-state index in [2.05, 4.69) is 41.2 Å². The number of hydrogen-bond donors (Lipinski definition) is 2. The van der Waals surface area contributed by atoms with Crippen molar-refractivity contribution in [3.8, 4) is 11.4 Å². The number of halogens is 1. The Kier molecular flexibility index (Phi) is 4.57. The third-order valence-electron chi connectivity index (χ3n) is 4.81. The first-order valence-electron chi connectivity index (χ1n) is 9.04. The summed E-state index contributed by atoms with van der Waals surface area (Å²) >= 11 is 0. The van der Waals surface area contributed by atoms with Crippen LogP contribution in [0.4, 0.5) is 4.39 Å². The second kappa shape index (κ2) is 7.06. The van der Waals surface area contributed by atoms with E-state index in [-0.39, 0.29) is 24.2 Å². The van der Waals surface area contributed by atoms with Gasteiger partial charge in [0.25, 0.3) is 0 Å². The zero-order valence-corrected chi connectivity index (χ0v) is 15.6.